The van der Waals surface area contributed by atoms with Crippen LogP contribution in [0.4, 0.5) is 13.2 Å². The topological polar surface area (TPSA) is 71.8 Å². The number of nitrogens with zero attached hydrogens (tertiary/aromatic N) is 1. The van der Waals surface area contributed by atoms with E-state index in [4.69, 9.17) is 5.73 Å². The van der Waals surface area contributed by atoms with Gasteiger partial charge in [0.2, 0.25) is 5.91 Å². The van der Waals surface area contributed by atoms with E-state index in [-0.39, 0.29) is 12.1 Å². The molecular formula is C6H6F3N3O. The normalized spacial score (nSPS) is 11.6. The average molecular weight is 193 g/mol. The van der Waals surface area contributed by atoms with E-state index in [2.05, 4.69) is 10.2 Å². The summed E-state index contributed by atoms with van der Waals surface area (Å²) in [7, 11) is 0. The number of primary amides is 1. The Labute approximate surface area is 70.9 Å². The minimum atomic E-state index is -4.49. The van der Waals surface area contributed by atoms with Gasteiger partial charge in [-0.05, 0) is 6.07 Å². The summed E-state index contributed by atoms with van der Waals surface area (Å²) in [5.74, 6) is -0.711. The maximum absolute atomic E-state index is 11.9. The lowest BCUT2D eigenvalue weighted by Gasteiger charge is -1.98. The second-order valence-electron chi connectivity index (χ2n) is 2.42. The van der Waals surface area contributed by atoms with Crippen molar-refractivity contribution >= 4 is 5.91 Å². The third-order valence-electron chi connectivity index (χ3n) is 1.29. The van der Waals surface area contributed by atoms with E-state index < -0.39 is 17.8 Å². The monoisotopic (exact) mass is 193 g/mol. The van der Waals surface area contributed by atoms with Gasteiger partial charge in [-0.1, -0.05) is 0 Å². The van der Waals surface area contributed by atoms with Crippen molar-refractivity contribution in [1.82, 2.24) is 10.2 Å². The number of hydrogen-bond acceptors (Lipinski definition) is 2. The van der Waals surface area contributed by atoms with Crippen LogP contribution in [0.25, 0.3) is 0 Å². The number of alkyl halides is 3. The summed E-state index contributed by atoms with van der Waals surface area (Å²) in [6, 6.07) is 0.755. The zero-order chi connectivity index (χ0) is 10.1. The van der Waals surface area contributed by atoms with Gasteiger partial charge in [-0.3, -0.25) is 9.89 Å². The summed E-state index contributed by atoms with van der Waals surface area (Å²) in [5, 5.41) is 5.06. The highest BCUT2D eigenvalue weighted by atomic mass is 19.4. The average Bonchev–Trinajstić information content (AvgIpc) is 2.32. The SMILES string of the molecule is NC(=O)Cc1cc(C(F)(F)F)n[nH]1. The van der Waals surface area contributed by atoms with E-state index in [1.54, 1.807) is 0 Å². The van der Waals surface area contributed by atoms with Gasteiger partial charge in [-0.2, -0.15) is 18.3 Å². The quantitative estimate of drug-likeness (QED) is 0.715. The van der Waals surface area contributed by atoms with Crippen LogP contribution in [0.1, 0.15) is 11.4 Å². The van der Waals surface area contributed by atoms with Crippen molar-refractivity contribution in [3.05, 3.63) is 17.5 Å². The highest BCUT2D eigenvalue weighted by Crippen LogP contribution is 2.27. The van der Waals surface area contributed by atoms with Gasteiger partial charge in [0, 0.05) is 5.69 Å². The van der Waals surface area contributed by atoms with E-state index in [9.17, 15) is 18.0 Å². The predicted molar refractivity (Wildman–Crippen MR) is 36.5 cm³/mol. The fraction of sp³-hybridized carbons (Fsp3) is 0.333. The number of H-pyrrole nitrogens is 1. The van der Waals surface area contributed by atoms with Crippen LogP contribution < -0.4 is 5.73 Å². The summed E-state index contributed by atoms with van der Waals surface area (Å²) in [6.07, 6.45) is -4.77. The molecule has 0 aliphatic carbocycles. The first-order valence-electron chi connectivity index (χ1n) is 3.29. The zero-order valence-corrected chi connectivity index (χ0v) is 6.35. The molecule has 1 heterocycles. The molecule has 1 aromatic rings. The van der Waals surface area contributed by atoms with Crippen molar-refractivity contribution < 1.29 is 18.0 Å². The largest absolute Gasteiger partial charge is 0.435 e. The fourth-order valence-corrected chi connectivity index (χ4v) is 0.785. The van der Waals surface area contributed by atoms with E-state index >= 15 is 0 Å². The van der Waals surface area contributed by atoms with E-state index in [1.165, 1.54) is 0 Å². The number of nitrogens with one attached hydrogen (secondary N) is 1. The second kappa shape index (κ2) is 3.08. The molecule has 0 saturated heterocycles. The van der Waals surface area contributed by atoms with Crippen molar-refractivity contribution in [2.45, 2.75) is 12.6 Å². The van der Waals surface area contributed by atoms with Gasteiger partial charge < -0.3 is 5.73 Å². The molecule has 1 amide bonds. The minimum absolute atomic E-state index is 0.0554. The van der Waals surface area contributed by atoms with Crippen molar-refractivity contribution in [2.24, 2.45) is 5.73 Å². The third-order valence-corrected chi connectivity index (χ3v) is 1.29. The van der Waals surface area contributed by atoms with E-state index in [0.717, 1.165) is 6.07 Å². The molecule has 7 heteroatoms. The van der Waals surface area contributed by atoms with Crippen LogP contribution in [0, 0.1) is 0 Å². The van der Waals surface area contributed by atoms with Crippen LogP contribution in [0.15, 0.2) is 6.07 Å². The molecule has 72 valence electrons. The first-order valence-corrected chi connectivity index (χ1v) is 3.29. The van der Waals surface area contributed by atoms with Gasteiger partial charge in [-0.25, -0.2) is 0 Å². The van der Waals surface area contributed by atoms with Crippen LogP contribution >= 0.6 is 0 Å². The Bertz CT molecular complexity index is 317. The lowest BCUT2D eigenvalue weighted by atomic mass is 10.3. The standard InChI is InChI=1S/C6H6F3N3O/c7-6(8,9)4-1-3(11-12-4)2-5(10)13/h1H,2H2,(H2,10,13)(H,11,12). The van der Waals surface area contributed by atoms with Crippen LogP contribution in [0.3, 0.4) is 0 Å². The fourth-order valence-electron chi connectivity index (χ4n) is 0.785. The molecule has 1 aromatic heterocycles. The lowest BCUT2D eigenvalue weighted by Crippen LogP contribution is -2.13. The minimum Gasteiger partial charge on any atom is -0.369 e. The third kappa shape index (κ3) is 2.46. The Morgan fingerprint density at radius 1 is 1.62 bits per heavy atom. The number of rotatable bonds is 2. The van der Waals surface area contributed by atoms with Gasteiger partial charge in [0.15, 0.2) is 5.69 Å². The molecule has 0 bridgehead atoms. The van der Waals surface area contributed by atoms with Crippen LogP contribution in [-0.2, 0) is 17.4 Å². The number of halogens is 3. The van der Waals surface area contributed by atoms with E-state index in [1.807, 2.05) is 0 Å². The van der Waals surface area contributed by atoms with Gasteiger partial charge in [0.05, 0.1) is 6.42 Å². The smallest absolute Gasteiger partial charge is 0.369 e. The predicted octanol–water partition coefficient (Wildman–Crippen LogP) is 0.456. The van der Waals surface area contributed by atoms with Crippen molar-refractivity contribution in [3.8, 4) is 0 Å². The summed E-state index contributed by atoms with van der Waals surface area (Å²) in [5.41, 5.74) is 3.78. The summed E-state index contributed by atoms with van der Waals surface area (Å²) in [6.45, 7) is 0. The maximum atomic E-state index is 11.9. The molecule has 1 rings (SSSR count). The zero-order valence-electron chi connectivity index (χ0n) is 6.35. The molecular weight excluding hydrogens is 187 g/mol. The molecule has 0 aliphatic heterocycles. The Hall–Kier alpha value is -1.53. The Balaban J connectivity index is 2.81. The number of aromatic amines is 1. The van der Waals surface area contributed by atoms with Crippen LogP contribution in [0.5, 0.6) is 0 Å². The Morgan fingerprint density at radius 2 is 2.23 bits per heavy atom. The Kier molecular flexibility index (Phi) is 2.26. The molecule has 0 saturated carbocycles. The molecule has 4 nitrogen and oxygen atoms in total. The van der Waals surface area contributed by atoms with Crippen molar-refractivity contribution in [1.29, 1.82) is 0 Å². The number of carbonyl (C=O) groups is 1. The summed E-state index contributed by atoms with van der Waals surface area (Å²) >= 11 is 0. The number of hydrogen-bond donors (Lipinski definition) is 2. The second-order valence-corrected chi connectivity index (χ2v) is 2.42. The Morgan fingerprint density at radius 3 is 2.62 bits per heavy atom. The molecule has 0 atom stereocenters. The van der Waals surface area contributed by atoms with Crippen LogP contribution in [-0.4, -0.2) is 16.1 Å². The first kappa shape index (κ1) is 9.56. The highest BCUT2D eigenvalue weighted by molar-refractivity contribution is 5.76. The van der Waals surface area contributed by atoms with E-state index in [0.29, 0.717) is 0 Å². The molecule has 0 radical (unpaired) electrons. The first-order chi connectivity index (χ1) is 5.89. The number of aromatic nitrogens is 2. The molecule has 0 fully saturated rings. The molecule has 0 aromatic carbocycles. The lowest BCUT2D eigenvalue weighted by molar-refractivity contribution is -0.141. The highest BCUT2D eigenvalue weighted by Gasteiger charge is 2.33. The van der Waals surface area contributed by atoms with Crippen LogP contribution in [0.2, 0.25) is 0 Å². The van der Waals surface area contributed by atoms with Crippen molar-refractivity contribution in [2.75, 3.05) is 0 Å². The summed E-state index contributed by atoms with van der Waals surface area (Å²) < 4.78 is 35.8. The van der Waals surface area contributed by atoms with Gasteiger partial charge in [-0.15, -0.1) is 0 Å². The summed E-state index contributed by atoms with van der Waals surface area (Å²) in [4.78, 5) is 10.3. The molecule has 0 unspecified atom stereocenters. The van der Waals surface area contributed by atoms with Gasteiger partial charge >= 0.3 is 6.18 Å². The molecule has 0 aliphatic rings. The van der Waals surface area contributed by atoms with Crippen molar-refractivity contribution in [3.63, 3.8) is 0 Å². The maximum Gasteiger partial charge on any atom is 0.435 e. The number of carbonyl (C=O) groups excluding carboxylic acids is 1. The molecule has 3 N–H and O–H groups in total. The molecule has 0 spiro atoms. The number of nitrogens with two attached hydrogens (primary N) is 1. The molecule has 13 heavy (non-hydrogen) atoms. The van der Waals surface area contributed by atoms with Gasteiger partial charge in [0.25, 0.3) is 0 Å². The van der Waals surface area contributed by atoms with Gasteiger partial charge in [0.1, 0.15) is 0 Å². The number of amides is 1.